The van der Waals surface area contributed by atoms with E-state index < -0.39 is 0 Å². The molecule has 0 atom stereocenters. The molecule has 1 N–H and O–H groups in total. The van der Waals surface area contributed by atoms with Crippen LogP contribution in [-0.2, 0) is 5.41 Å². The normalized spacial score (nSPS) is 12.0. The highest BCUT2D eigenvalue weighted by atomic mass is 35.5. The van der Waals surface area contributed by atoms with Crippen molar-refractivity contribution >= 4 is 34.2 Å². The first-order chi connectivity index (χ1) is 9.84. The van der Waals surface area contributed by atoms with Gasteiger partial charge in [0.1, 0.15) is 11.3 Å². The molecule has 0 saturated heterocycles. The monoisotopic (exact) mass is 318 g/mol. The zero-order valence-electron chi connectivity index (χ0n) is 12.2. The highest BCUT2D eigenvalue weighted by Crippen LogP contribution is 2.30. The van der Waals surface area contributed by atoms with Crippen molar-refractivity contribution in [2.24, 2.45) is 0 Å². The van der Waals surface area contributed by atoms with Crippen LogP contribution in [0.3, 0.4) is 0 Å². The van der Waals surface area contributed by atoms with E-state index in [4.69, 9.17) is 23.2 Å². The highest BCUT2D eigenvalue weighted by molar-refractivity contribution is 6.38. The average Bonchev–Trinajstić information content (AvgIpc) is 2.82. The molecule has 0 aliphatic rings. The van der Waals surface area contributed by atoms with Gasteiger partial charge in [0.15, 0.2) is 0 Å². The summed E-state index contributed by atoms with van der Waals surface area (Å²) in [6, 6.07) is 12.0. The molecular weight excluding hydrogens is 303 g/mol. The predicted octanol–water partition coefficient (Wildman–Crippen LogP) is 5.83. The minimum atomic E-state index is 0.142. The van der Waals surface area contributed by atoms with Gasteiger partial charge in [-0.1, -0.05) is 68.2 Å². The van der Waals surface area contributed by atoms with Crippen LogP contribution in [0.4, 0.5) is 0 Å². The molecule has 0 spiro atoms. The van der Waals surface area contributed by atoms with E-state index in [1.807, 2.05) is 6.07 Å². The third kappa shape index (κ3) is 2.78. The molecule has 108 valence electrons. The van der Waals surface area contributed by atoms with E-state index in [0.717, 1.165) is 22.4 Å². The van der Waals surface area contributed by atoms with Gasteiger partial charge in [-0.15, -0.1) is 0 Å². The molecule has 0 saturated carbocycles. The number of nitrogens with one attached hydrogen (secondary N) is 1. The number of nitrogens with zero attached hydrogens (tertiary/aromatic N) is 1. The van der Waals surface area contributed by atoms with Crippen LogP contribution in [0.5, 0.6) is 0 Å². The van der Waals surface area contributed by atoms with E-state index in [1.165, 1.54) is 5.56 Å². The molecule has 0 radical (unpaired) electrons. The van der Waals surface area contributed by atoms with Crippen molar-refractivity contribution in [1.82, 2.24) is 9.97 Å². The summed E-state index contributed by atoms with van der Waals surface area (Å²) >= 11 is 12.2. The number of rotatable bonds is 1. The van der Waals surface area contributed by atoms with Crippen molar-refractivity contribution in [3.8, 4) is 11.4 Å². The number of benzene rings is 2. The Morgan fingerprint density at radius 3 is 2.29 bits per heavy atom. The molecule has 3 aromatic rings. The third-order valence-corrected chi connectivity index (χ3v) is 4.04. The lowest BCUT2D eigenvalue weighted by Crippen LogP contribution is -2.10. The van der Waals surface area contributed by atoms with Crippen molar-refractivity contribution in [1.29, 1.82) is 0 Å². The average molecular weight is 319 g/mol. The number of hydrogen-bond donors (Lipinski definition) is 1. The molecule has 0 aliphatic carbocycles. The molecule has 0 fully saturated rings. The van der Waals surface area contributed by atoms with Crippen LogP contribution in [-0.4, -0.2) is 9.97 Å². The van der Waals surface area contributed by atoms with Gasteiger partial charge in [-0.3, -0.25) is 0 Å². The second kappa shape index (κ2) is 5.04. The summed E-state index contributed by atoms with van der Waals surface area (Å²) in [7, 11) is 0. The van der Waals surface area contributed by atoms with Gasteiger partial charge in [-0.25, -0.2) is 4.98 Å². The van der Waals surface area contributed by atoms with Crippen molar-refractivity contribution in [3.63, 3.8) is 0 Å². The van der Waals surface area contributed by atoms with Gasteiger partial charge < -0.3 is 4.98 Å². The number of aromatic amines is 1. The zero-order chi connectivity index (χ0) is 15.2. The molecular formula is C17H16Cl2N2. The largest absolute Gasteiger partial charge is 0.338 e. The number of halogens is 2. The van der Waals surface area contributed by atoms with Crippen LogP contribution in [0.25, 0.3) is 22.4 Å². The molecule has 2 aromatic carbocycles. The molecule has 0 aliphatic heterocycles. The summed E-state index contributed by atoms with van der Waals surface area (Å²) in [5.41, 5.74) is 4.07. The number of hydrogen-bond acceptors (Lipinski definition) is 1. The molecule has 3 rings (SSSR count). The Morgan fingerprint density at radius 1 is 1.00 bits per heavy atom. The van der Waals surface area contributed by atoms with E-state index in [0.29, 0.717) is 10.0 Å². The summed E-state index contributed by atoms with van der Waals surface area (Å²) in [4.78, 5) is 7.84. The van der Waals surface area contributed by atoms with Crippen LogP contribution in [0.15, 0.2) is 36.4 Å². The van der Waals surface area contributed by atoms with Gasteiger partial charge in [0.25, 0.3) is 0 Å². The maximum atomic E-state index is 6.18. The number of H-pyrrole nitrogens is 1. The fraction of sp³-hybridized carbons (Fsp3) is 0.235. The fourth-order valence-corrected chi connectivity index (χ4v) is 2.84. The zero-order valence-corrected chi connectivity index (χ0v) is 13.7. The molecule has 21 heavy (non-hydrogen) atoms. The van der Waals surface area contributed by atoms with Crippen molar-refractivity contribution in [3.05, 3.63) is 52.0 Å². The van der Waals surface area contributed by atoms with Crippen LogP contribution in [0.2, 0.25) is 10.0 Å². The second-order valence-corrected chi connectivity index (χ2v) is 7.04. The molecule has 0 unspecified atom stereocenters. The Bertz CT molecular complexity index is 796. The minimum absolute atomic E-state index is 0.142. The van der Waals surface area contributed by atoms with Crippen molar-refractivity contribution in [2.75, 3.05) is 0 Å². The standard InChI is InChI=1S/C17H16Cl2N2/c1-17(2,3)11-6-4-10(5-7-11)16-20-14-9-12(18)8-13(19)15(14)21-16/h4-9H,1-3H3,(H,20,21). The van der Waals surface area contributed by atoms with Gasteiger partial charge in [0.05, 0.1) is 10.5 Å². The van der Waals surface area contributed by atoms with Crippen molar-refractivity contribution < 1.29 is 0 Å². The molecule has 4 heteroatoms. The van der Waals surface area contributed by atoms with E-state index >= 15 is 0 Å². The number of fused-ring (bicyclic) bond motifs is 1. The molecule has 0 bridgehead atoms. The fourth-order valence-electron chi connectivity index (χ4n) is 2.31. The third-order valence-electron chi connectivity index (χ3n) is 3.53. The summed E-state index contributed by atoms with van der Waals surface area (Å²) in [5, 5.41) is 1.16. The first-order valence-corrected chi connectivity index (χ1v) is 7.56. The Balaban J connectivity index is 2.06. The van der Waals surface area contributed by atoms with Crippen LogP contribution >= 0.6 is 23.2 Å². The topological polar surface area (TPSA) is 28.7 Å². The molecule has 1 heterocycles. The van der Waals surface area contributed by atoms with Gasteiger partial charge in [0, 0.05) is 10.6 Å². The number of imidazole rings is 1. The summed E-state index contributed by atoms with van der Waals surface area (Å²) < 4.78 is 0. The molecule has 1 aromatic heterocycles. The summed E-state index contributed by atoms with van der Waals surface area (Å²) in [6.07, 6.45) is 0. The van der Waals surface area contributed by atoms with Crippen molar-refractivity contribution in [2.45, 2.75) is 26.2 Å². The van der Waals surface area contributed by atoms with Gasteiger partial charge in [0.2, 0.25) is 0 Å². The van der Waals surface area contributed by atoms with Crippen LogP contribution in [0.1, 0.15) is 26.3 Å². The summed E-state index contributed by atoms with van der Waals surface area (Å²) in [6.45, 7) is 6.60. The molecule has 0 amide bonds. The van der Waals surface area contributed by atoms with E-state index in [9.17, 15) is 0 Å². The number of aromatic nitrogens is 2. The Kier molecular flexibility index (Phi) is 3.46. The minimum Gasteiger partial charge on any atom is -0.338 e. The first-order valence-electron chi connectivity index (χ1n) is 6.80. The lowest BCUT2D eigenvalue weighted by atomic mass is 9.87. The maximum absolute atomic E-state index is 6.18. The van der Waals surface area contributed by atoms with Crippen LogP contribution < -0.4 is 0 Å². The Labute approximate surface area is 134 Å². The second-order valence-electron chi connectivity index (χ2n) is 6.20. The van der Waals surface area contributed by atoms with Gasteiger partial charge in [-0.2, -0.15) is 0 Å². The quantitative estimate of drug-likeness (QED) is 0.600. The Morgan fingerprint density at radius 2 is 1.67 bits per heavy atom. The summed E-state index contributed by atoms with van der Waals surface area (Å²) in [5.74, 6) is 0.801. The lowest BCUT2D eigenvalue weighted by molar-refractivity contribution is 0.590. The Hall–Kier alpha value is -1.51. The highest BCUT2D eigenvalue weighted by Gasteiger charge is 2.14. The van der Waals surface area contributed by atoms with Gasteiger partial charge in [-0.05, 0) is 23.1 Å². The van der Waals surface area contributed by atoms with Gasteiger partial charge >= 0.3 is 0 Å². The smallest absolute Gasteiger partial charge is 0.138 e. The first kappa shape index (κ1) is 14.4. The van der Waals surface area contributed by atoms with Crippen LogP contribution in [0, 0.1) is 0 Å². The maximum Gasteiger partial charge on any atom is 0.138 e. The predicted molar refractivity (Wildman–Crippen MR) is 90.2 cm³/mol. The van der Waals surface area contributed by atoms with E-state index in [2.05, 4.69) is 55.0 Å². The van der Waals surface area contributed by atoms with E-state index in [1.54, 1.807) is 6.07 Å². The van der Waals surface area contributed by atoms with E-state index in [-0.39, 0.29) is 5.41 Å². The SMILES string of the molecule is CC(C)(C)c1ccc(-c2nc3c(Cl)cc(Cl)cc3[nH]2)cc1. The lowest BCUT2D eigenvalue weighted by Gasteiger charge is -2.18. The molecule has 2 nitrogen and oxygen atoms in total.